The minimum atomic E-state index is 0.218. The van der Waals surface area contributed by atoms with Crippen LogP contribution in [0, 0.1) is 0 Å². The number of aromatic nitrogens is 3. The Morgan fingerprint density at radius 1 is 1.03 bits per heavy atom. The highest BCUT2D eigenvalue weighted by Crippen LogP contribution is 2.18. The maximum atomic E-state index is 5.82. The molecule has 1 saturated heterocycles. The minimum absolute atomic E-state index is 0.218. The van der Waals surface area contributed by atoms with Crippen LogP contribution in [0.5, 0.6) is 0 Å². The van der Waals surface area contributed by atoms with Gasteiger partial charge in [0.05, 0.1) is 18.8 Å². The van der Waals surface area contributed by atoms with Crippen LogP contribution in [0.2, 0.25) is 0 Å². The Morgan fingerprint density at radius 2 is 1.79 bits per heavy atom. The van der Waals surface area contributed by atoms with Crippen LogP contribution in [0.25, 0.3) is 0 Å². The number of hydrogen-bond acceptors (Lipinski definition) is 5. The summed E-state index contributed by atoms with van der Waals surface area (Å²) in [6.45, 7) is 8.03. The Labute approximate surface area is 195 Å². The number of anilines is 1. The number of nitrogens with zero attached hydrogens (tertiary/aromatic N) is 5. The smallest absolute Gasteiger partial charge is 0.191 e. The summed E-state index contributed by atoms with van der Waals surface area (Å²) in [5.41, 5.74) is 3.56. The molecule has 8 nitrogen and oxygen atoms in total. The van der Waals surface area contributed by atoms with Crippen molar-refractivity contribution in [2.75, 3.05) is 25.0 Å². The molecule has 33 heavy (non-hydrogen) atoms. The summed E-state index contributed by atoms with van der Waals surface area (Å²) in [4.78, 5) is 11.3. The van der Waals surface area contributed by atoms with E-state index in [1.54, 1.807) is 13.2 Å². The lowest BCUT2D eigenvalue weighted by molar-refractivity contribution is -0.00545. The molecule has 3 heterocycles. The molecule has 0 amide bonds. The lowest BCUT2D eigenvalue weighted by Crippen LogP contribution is -2.45. The number of guanidine groups is 1. The molecule has 2 unspecified atom stereocenters. The molecule has 0 spiro atoms. The minimum Gasteiger partial charge on any atom is -0.372 e. The SMILES string of the molecule is CN=C(NCc1ccc(N2CC(C)OC(C)C2)nc1)NCc1ccccc1Cn1cccn1. The highest BCUT2D eigenvalue weighted by Gasteiger charge is 2.22. The van der Waals surface area contributed by atoms with Gasteiger partial charge in [0.2, 0.25) is 0 Å². The number of morpholine rings is 1. The molecule has 2 N–H and O–H groups in total. The molecule has 1 fully saturated rings. The topological polar surface area (TPSA) is 79.6 Å². The monoisotopic (exact) mass is 447 g/mol. The zero-order valence-corrected chi connectivity index (χ0v) is 19.6. The van der Waals surface area contributed by atoms with E-state index < -0.39 is 0 Å². The fourth-order valence-electron chi connectivity index (χ4n) is 4.11. The van der Waals surface area contributed by atoms with E-state index in [-0.39, 0.29) is 12.2 Å². The molecule has 174 valence electrons. The van der Waals surface area contributed by atoms with Gasteiger partial charge in [-0.3, -0.25) is 9.67 Å². The van der Waals surface area contributed by atoms with Crippen LogP contribution in [0.15, 0.2) is 66.0 Å². The van der Waals surface area contributed by atoms with Crippen LogP contribution in [-0.4, -0.2) is 53.1 Å². The van der Waals surface area contributed by atoms with Crippen LogP contribution in [0.3, 0.4) is 0 Å². The summed E-state index contributed by atoms with van der Waals surface area (Å²) in [7, 11) is 1.78. The fraction of sp³-hybridized carbons (Fsp3) is 0.400. The molecule has 1 aliphatic heterocycles. The van der Waals surface area contributed by atoms with Crippen molar-refractivity contribution >= 4 is 11.8 Å². The summed E-state index contributed by atoms with van der Waals surface area (Å²) in [5.74, 6) is 1.75. The van der Waals surface area contributed by atoms with E-state index in [1.165, 1.54) is 11.1 Å². The summed E-state index contributed by atoms with van der Waals surface area (Å²) in [6, 6.07) is 14.5. The number of aliphatic imine (C=N–C) groups is 1. The summed E-state index contributed by atoms with van der Waals surface area (Å²) in [6.07, 6.45) is 6.15. The van der Waals surface area contributed by atoms with Crippen molar-refractivity contribution in [1.82, 2.24) is 25.4 Å². The lowest BCUT2D eigenvalue weighted by atomic mass is 10.1. The predicted octanol–water partition coefficient (Wildman–Crippen LogP) is 2.81. The van der Waals surface area contributed by atoms with Crippen molar-refractivity contribution in [2.24, 2.45) is 4.99 Å². The first-order valence-electron chi connectivity index (χ1n) is 11.4. The van der Waals surface area contributed by atoms with Crippen LogP contribution >= 0.6 is 0 Å². The maximum absolute atomic E-state index is 5.82. The Balaban J connectivity index is 1.30. The van der Waals surface area contributed by atoms with Crippen molar-refractivity contribution < 1.29 is 4.74 Å². The molecule has 8 heteroatoms. The predicted molar refractivity (Wildman–Crippen MR) is 131 cm³/mol. The highest BCUT2D eigenvalue weighted by atomic mass is 16.5. The van der Waals surface area contributed by atoms with Gasteiger partial charge in [-0.05, 0) is 42.7 Å². The highest BCUT2D eigenvalue weighted by molar-refractivity contribution is 5.79. The summed E-state index contributed by atoms with van der Waals surface area (Å²) in [5, 5.41) is 11.1. The van der Waals surface area contributed by atoms with Gasteiger partial charge in [0.25, 0.3) is 0 Å². The molecule has 0 saturated carbocycles. The largest absolute Gasteiger partial charge is 0.372 e. The van der Waals surface area contributed by atoms with E-state index in [0.29, 0.717) is 13.1 Å². The van der Waals surface area contributed by atoms with Crippen molar-refractivity contribution in [3.05, 3.63) is 77.7 Å². The normalized spacial score (nSPS) is 18.9. The first-order valence-corrected chi connectivity index (χ1v) is 11.4. The van der Waals surface area contributed by atoms with E-state index in [9.17, 15) is 0 Å². The quantitative estimate of drug-likeness (QED) is 0.428. The van der Waals surface area contributed by atoms with Crippen molar-refractivity contribution in [3.8, 4) is 0 Å². The maximum Gasteiger partial charge on any atom is 0.191 e. The second-order valence-electron chi connectivity index (χ2n) is 8.44. The van der Waals surface area contributed by atoms with Crippen molar-refractivity contribution in [1.29, 1.82) is 0 Å². The van der Waals surface area contributed by atoms with Crippen LogP contribution in [-0.2, 0) is 24.4 Å². The first-order chi connectivity index (χ1) is 16.1. The van der Waals surface area contributed by atoms with Gasteiger partial charge in [-0.2, -0.15) is 5.10 Å². The third-order valence-corrected chi connectivity index (χ3v) is 5.69. The average Bonchev–Trinajstić information content (AvgIpc) is 3.33. The Hall–Kier alpha value is -3.39. The second-order valence-corrected chi connectivity index (χ2v) is 8.44. The van der Waals surface area contributed by atoms with E-state index in [1.807, 2.05) is 23.1 Å². The molecule has 4 rings (SSSR count). The number of rotatable bonds is 7. The molecule has 2 aromatic heterocycles. The third-order valence-electron chi connectivity index (χ3n) is 5.69. The van der Waals surface area contributed by atoms with Gasteiger partial charge in [-0.1, -0.05) is 30.3 Å². The number of nitrogens with one attached hydrogen (secondary N) is 2. The molecule has 1 aliphatic rings. The lowest BCUT2D eigenvalue weighted by Gasteiger charge is -2.36. The van der Waals surface area contributed by atoms with E-state index in [2.05, 4.69) is 80.9 Å². The number of ether oxygens (including phenoxy) is 1. The first kappa shape index (κ1) is 22.8. The molecule has 3 aromatic rings. The van der Waals surface area contributed by atoms with Gasteiger partial charge in [0, 0.05) is 51.8 Å². The zero-order chi connectivity index (χ0) is 23.0. The van der Waals surface area contributed by atoms with Crippen LogP contribution in [0.1, 0.15) is 30.5 Å². The van der Waals surface area contributed by atoms with E-state index >= 15 is 0 Å². The molecule has 0 bridgehead atoms. The van der Waals surface area contributed by atoms with E-state index in [4.69, 9.17) is 4.74 Å². The van der Waals surface area contributed by atoms with Gasteiger partial charge in [-0.25, -0.2) is 4.98 Å². The molecule has 0 aliphatic carbocycles. The Morgan fingerprint density at radius 3 is 2.45 bits per heavy atom. The standard InChI is InChI=1S/C25H33N7O/c1-19-16-31(17-20(2)33-19)24-10-9-21(13-27-24)14-28-25(26-3)29-15-22-7-4-5-8-23(22)18-32-12-6-11-30-32/h4-13,19-20H,14-18H2,1-3H3,(H2,26,28,29). The van der Waals surface area contributed by atoms with Crippen molar-refractivity contribution in [3.63, 3.8) is 0 Å². The number of pyridine rings is 1. The summed E-state index contributed by atoms with van der Waals surface area (Å²) < 4.78 is 7.75. The van der Waals surface area contributed by atoms with E-state index in [0.717, 1.165) is 37.0 Å². The number of hydrogen-bond donors (Lipinski definition) is 2. The summed E-state index contributed by atoms with van der Waals surface area (Å²) >= 11 is 0. The second kappa shape index (κ2) is 11.0. The van der Waals surface area contributed by atoms with Gasteiger partial charge in [0.1, 0.15) is 5.82 Å². The Bertz CT molecular complexity index is 1020. The van der Waals surface area contributed by atoms with Gasteiger partial charge < -0.3 is 20.3 Å². The molecular weight excluding hydrogens is 414 g/mol. The third kappa shape index (κ3) is 6.32. The Kier molecular flexibility index (Phi) is 7.57. The van der Waals surface area contributed by atoms with Gasteiger partial charge in [-0.15, -0.1) is 0 Å². The van der Waals surface area contributed by atoms with Gasteiger partial charge in [0.15, 0.2) is 5.96 Å². The van der Waals surface area contributed by atoms with Gasteiger partial charge >= 0.3 is 0 Å². The van der Waals surface area contributed by atoms with Crippen LogP contribution < -0.4 is 15.5 Å². The molecule has 0 radical (unpaired) electrons. The average molecular weight is 448 g/mol. The van der Waals surface area contributed by atoms with Crippen LogP contribution in [0.4, 0.5) is 5.82 Å². The van der Waals surface area contributed by atoms with Crippen molar-refractivity contribution in [2.45, 2.75) is 45.7 Å². The number of benzene rings is 1. The molecular formula is C25H33N7O. The fourth-order valence-corrected chi connectivity index (χ4v) is 4.11. The molecule has 1 aromatic carbocycles. The zero-order valence-electron chi connectivity index (χ0n) is 19.6. The molecule has 2 atom stereocenters.